The number of aromatic nitrogens is 2. The number of nitrogens with zero attached hydrogens (tertiary/aromatic N) is 2. The largest absolute Gasteiger partial charge is 0.476 e. The summed E-state index contributed by atoms with van der Waals surface area (Å²) in [6, 6.07) is 2.65. The Balaban J connectivity index is 1.55. The van der Waals surface area contributed by atoms with E-state index in [9.17, 15) is 0 Å². The van der Waals surface area contributed by atoms with E-state index in [-0.39, 0.29) is 0 Å². The Morgan fingerprint density at radius 2 is 1.50 bits per heavy atom. The molecule has 24 heavy (non-hydrogen) atoms. The predicted molar refractivity (Wildman–Crippen MR) is 96.1 cm³/mol. The molecule has 2 aliphatic heterocycles. The Morgan fingerprint density at radius 1 is 0.958 bits per heavy atom. The van der Waals surface area contributed by atoms with Gasteiger partial charge in [0, 0.05) is 12.1 Å². The molecule has 0 bridgehead atoms. The van der Waals surface area contributed by atoms with E-state index >= 15 is 0 Å². The van der Waals surface area contributed by atoms with Crippen molar-refractivity contribution < 1.29 is 9.47 Å². The van der Waals surface area contributed by atoms with Crippen molar-refractivity contribution in [2.75, 3.05) is 32.6 Å². The minimum Gasteiger partial charge on any atom is -0.476 e. The van der Waals surface area contributed by atoms with E-state index in [1.807, 2.05) is 12.3 Å². The summed E-state index contributed by atoms with van der Waals surface area (Å²) in [6.07, 6.45) is 9.34. The van der Waals surface area contributed by atoms with Gasteiger partial charge in [0.05, 0.1) is 6.07 Å². The Kier molecular flexibility index (Phi) is 6.98. The first-order valence-corrected chi connectivity index (χ1v) is 10.2. The first-order valence-electron chi connectivity index (χ1n) is 8.99. The van der Waals surface area contributed by atoms with Crippen LogP contribution in [0.2, 0.25) is 0 Å². The molecule has 2 fully saturated rings. The maximum absolute atomic E-state index is 5.90. The van der Waals surface area contributed by atoms with Crippen molar-refractivity contribution in [1.82, 2.24) is 20.6 Å². The monoisotopic (exact) mass is 352 g/mol. The minimum atomic E-state index is 0.419. The number of ether oxygens (including phenoxy) is 2. The van der Waals surface area contributed by atoms with Gasteiger partial charge in [-0.3, -0.25) is 0 Å². The summed E-state index contributed by atoms with van der Waals surface area (Å²) >= 11 is 1.51. The summed E-state index contributed by atoms with van der Waals surface area (Å²) in [6.45, 7) is 3.45. The maximum atomic E-state index is 5.90. The molecule has 6 nitrogen and oxygen atoms in total. The lowest BCUT2D eigenvalue weighted by atomic mass is 10.1. The van der Waals surface area contributed by atoms with E-state index in [0.29, 0.717) is 42.2 Å². The normalized spacial score (nSPS) is 24.5. The summed E-state index contributed by atoms with van der Waals surface area (Å²) in [5, 5.41) is 7.67. The molecule has 0 aliphatic carbocycles. The number of hydrogen-bond acceptors (Lipinski definition) is 7. The lowest BCUT2D eigenvalue weighted by Crippen LogP contribution is -2.38. The van der Waals surface area contributed by atoms with Crippen LogP contribution in [-0.2, 0) is 0 Å². The predicted octanol–water partition coefficient (Wildman–Crippen LogP) is 2.24. The van der Waals surface area contributed by atoms with Crippen molar-refractivity contribution in [2.24, 2.45) is 0 Å². The molecule has 2 saturated heterocycles. The van der Waals surface area contributed by atoms with Crippen LogP contribution in [0.3, 0.4) is 0 Å². The first kappa shape index (κ1) is 17.8. The zero-order chi connectivity index (χ0) is 16.6. The van der Waals surface area contributed by atoms with Gasteiger partial charge >= 0.3 is 0 Å². The minimum absolute atomic E-state index is 0.419. The van der Waals surface area contributed by atoms with Gasteiger partial charge in [0.25, 0.3) is 0 Å². The molecule has 2 N–H and O–H groups in total. The van der Waals surface area contributed by atoms with Gasteiger partial charge in [-0.05, 0) is 45.0 Å². The number of rotatable bonds is 7. The summed E-state index contributed by atoms with van der Waals surface area (Å²) in [5.41, 5.74) is 0. The lowest BCUT2D eigenvalue weighted by molar-refractivity contribution is 0.217. The molecule has 7 heteroatoms. The number of thioether (sulfide) groups is 1. The Hall–Kier alpha value is -1.05. The van der Waals surface area contributed by atoms with Gasteiger partial charge < -0.3 is 20.1 Å². The molecule has 0 spiro atoms. The molecule has 1 aromatic heterocycles. The number of hydrogen-bond donors (Lipinski definition) is 2. The van der Waals surface area contributed by atoms with Crippen molar-refractivity contribution in [3.63, 3.8) is 0 Å². The van der Waals surface area contributed by atoms with Crippen LogP contribution in [0.4, 0.5) is 0 Å². The molecule has 0 saturated carbocycles. The molecular weight excluding hydrogens is 324 g/mol. The third kappa shape index (κ3) is 5.50. The molecule has 0 unspecified atom stereocenters. The van der Waals surface area contributed by atoms with Crippen molar-refractivity contribution in [3.05, 3.63) is 6.07 Å². The lowest BCUT2D eigenvalue weighted by Gasteiger charge is -2.24. The van der Waals surface area contributed by atoms with Gasteiger partial charge in [-0.15, -0.1) is 0 Å². The summed E-state index contributed by atoms with van der Waals surface area (Å²) in [7, 11) is 0. The number of piperidine rings is 2. The van der Waals surface area contributed by atoms with Crippen LogP contribution in [0, 0.1) is 0 Å². The van der Waals surface area contributed by atoms with Crippen LogP contribution >= 0.6 is 11.8 Å². The van der Waals surface area contributed by atoms with E-state index in [1.54, 1.807) is 0 Å². The fourth-order valence-electron chi connectivity index (χ4n) is 3.13. The Bertz CT molecular complexity index is 465. The maximum Gasteiger partial charge on any atom is 0.221 e. The first-order chi connectivity index (χ1) is 11.8. The van der Waals surface area contributed by atoms with Crippen LogP contribution in [0.25, 0.3) is 0 Å². The highest BCUT2D eigenvalue weighted by Gasteiger charge is 2.16. The van der Waals surface area contributed by atoms with Crippen LogP contribution in [0.1, 0.15) is 38.5 Å². The number of nitrogens with one attached hydrogen (secondary N) is 2. The van der Waals surface area contributed by atoms with Crippen molar-refractivity contribution in [2.45, 2.75) is 55.8 Å². The topological polar surface area (TPSA) is 68.3 Å². The van der Waals surface area contributed by atoms with Crippen molar-refractivity contribution >= 4 is 11.8 Å². The third-order valence-electron chi connectivity index (χ3n) is 4.53. The molecule has 2 aliphatic rings. The summed E-state index contributed by atoms with van der Waals surface area (Å²) < 4.78 is 11.8. The van der Waals surface area contributed by atoms with Crippen molar-refractivity contribution in [3.8, 4) is 11.8 Å². The average molecular weight is 353 g/mol. The molecule has 1 aromatic rings. The molecule has 0 amide bonds. The SMILES string of the molecule is CSc1nc(OC[C@H]2CCCCN2)cc(OC[C@@H]2CCCCN2)n1. The highest BCUT2D eigenvalue weighted by Crippen LogP contribution is 2.21. The van der Waals surface area contributed by atoms with Gasteiger partial charge in [-0.25, -0.2) is 0 Å². The Morgan fingerprint density at radius 3 is 1.92 bits per heavy atom. The molecule has 3 rings (SSSR count). The van der Waals surface area contributed by atoms with E-state index in [1.165, 1.54) is 37.4 Å². The van der Waals surface area contributed by atoms with Crippen LogP contribution in [-0.4, -0.2) is 54.6 Å². The van der Waals surface area contributed by atoms with Gasteiger partial charge in [0.15, 0.2) is 5.16 Å². The van der Waals surface area contributed by atoms with E-state index in [2.05, 4.69) is 20.6 Å². The van der Waals surface area contributed by atoms with E-state index < -0.39 is 0 Å². The summed E-state index contributed by atoms with van der Waals surface area (Å²) in [4.78, 5) is 8.87. The van der Waals surface area contributed by atoms with Crippen LogP contribution in [0.15, 0.2) is 11.2 Å². The van der Waals surface area contributed by atoms with Gasteiger partial charge in [-0.2, -0.15) is 9.97 Å². The van der Waals surface area contributed by atoms with Crippen LogP contribution in [0.5, 0.6) is 11.8 Å². The Labute approximate surface area is 148 Å². The second-order valence-corrected chi connectivity index (χ2v) is 7.22. The highest BCUT2D eigenvalue weighted by molar-refractivity contribution is 7.98. The molecule has 2 atom stereocenters. The molecule has 3 heterocycles. The molecular formula is C17H28N4O2S. The molecule has 0 aromatic carbocycles. The highest BCUT2D eigenvalue weighted by atomic mass is 32.2. The van der Waals surface area contributed by atoms with Gasteiger partial charge in [0.1, 0.15) is 13.2 Å². The zero-order valence-electron chi connectivity index (χ0n) is 14.4. The van der Waals surface area contributed by atoms with Gasteiger partial charge in [0.2, 0.25) is 11.8 Å². The van der Waals surface area contributed by atoms with Gasteiger partial charge in [-0.1, -0.05) is 24.6 Å². The van der Waals surface area contributed by atoms with E-state index in [4.69, 9.17) is 9.47 Å². The molecule has 134 valence electrons. The summed E-state index contributed by atoms with van der Waals surface area (Å²) in [5.74, 6) is 1.21. The third-order valence-corrected chi connectivity index (χ3v) is 5.08. The quantitative estimate of drug-likeness (QED) is 0.576. The second-order valence-electron chi connectivity index (χ2n) is 6.45. The fourth-order valence-corrected chi connectivity index (χ4v) is 3.49. The molecule has 0 radical (unpaired) electrons. The average Bonchev–Trinajstić information content (AvgIpc) is 2.66. The standard InChI is InChI=1S/C17H28N4O2S/c1-24-17-20-15(22-11-13-6-2-4-8-18-13)10-16(21-17)23-12-14-7-3-5-9-19-14/h10,13-14,18-19H,2-9,11-12H2,1H3/t13-,14+. The second kappa shape index (κ2) is 9.44. The van der Waals surface area contributed by atoms with Crippen molar-refractivity contribution in [1.29, 1.82) is 0 Å². The smallest absolute Gasteiger partial charge is 0.221 e. The zero-order valence-corrected chi connectivity index (χ0v) is 15.2. The fraction of sp³-hybridized carbons (Fsp3) is 0.765. The van der Waals surface area contributed by atoms with Crippen LogP contribution < -0.4 is 20.1 Å². The van der Waals surface area contributed by atoms with E-state index in [0.717, 1.165) is 25.9 Å².